The molecule has 6 rings (SSSR count). The van der Waals surface area contributed by atoms with Crippen LogP contribution in [0.1, 0.15) is 53.4 Å². The van der Waals surface area contributed by atoms with Gasteiger partial charge in [0, 0.05) is 19.3 Å². The minimum absolute atomic E-state index is 0.0314. The Kier molecular flexibility index (Phi) is 9.54. The molecule has 46 heavy (non-hydrogen) atoms. The maximum atomic E-state index is 14.0. The van der Waals surface area contributed by atoms with Crippen molar-refractivity contribution in [2.24, 2.45) is 5.41 Å². The minimum Gasteiger partial charge on any atom is -0.487 e. The van der Waals surface area contributed by atoms with Gasteiger partial charge in [-0.1, -0.05) is 79.3 Å². The number of carbonyl (C=O) groups excluding carboxylic acids is 2. The van der Waals surface area contributed by atoms with Gasteiger partial charge in [-0.3, -0.25) is 4.79 Å². The molecule has 10 heteroatoms. The first-order chi connectivity index (χ1) is 22.5. The number of hydrogen-bond donors (Lipinski definition) is 1. The second-order valence-electron chi connectivity index (χ2n) is 11.6. The zero-order valence-electron chi connectivity index (χ0n) is 26.1. The maximum absolute atomic E-state index is 14.0. The van der Waals surface area contributed by atoms with Crippen LogP contribution in [0.2, 0.25) is 0 Å². The Morgan fingerprint density at radius 3 is 2.39 bits per heavy atom. The first-order valence-corrected chi connectivity index (χ1v) is 16.4. The van der Waals surface area contributed by atoms with Gasteiger partial charge in [0.2, 0.25) is 11.9 Å². The third kappa shape index (κ3) is 7.02. The van der Waals surface area contributed by atoms with E-state index >= 15 is 0 Å². The summed E-state index contributed by atoms with van der Waals surface area (Å²) in [7, 11) is 1.34. The molecule has 0 aliphatic carbocycles. The molecule has 1 aliphatic rings. The third-order valence-electron chi connectivity index (χ3n) is 8.48. The number of nitrogens with one attached hydrogen (secondary N) is 1. The number of piperidine rings is 1. The Labute approximate surface area is 272 Å². The van der Waals surface area contributed by atoms with Gasteiger partial charge >= 0.3 is 5.97 Å². The lowest BCUT2D eigenvalue weighted by molar-refractivity contribution is -0.126. The monoisotopic (exact) mass is 635 g/mol. The normalized spacial score (nSPS) is 14.2. The number of ether oxygens (including phenoxy) is 2. The lowest BCUT2D eigenvalue weighted by Gasteiger charge is -2.40. The van der Waals surface area contributed by atoms with Crippen LogP contribution in [0.25, 0.3) is 10.2 Å². The Hall–Kier alpha value is -4.83. The van der Waals surface area contributed by atoms with Crippen LogP contribution in [0, 0.1) is 5.41 Å². The van der Waals surface area contributed by atoms with Crippen molar-refractivity contribution in [1.29, 1.82) is 0 Å². The van der Waals surface area contributed by atoms with Gasteiger partial charge in [0.1, 0.15) is 17.9 Å². The molecule has 0 spiro atoms. The van der Waals surface area contributed by atoms with E-state index in [1.54, 1.807) is 0 Å². The summed E-state index contributed by atoms with van der Waals surface area (Å²) < 4.78 is 12.1. The lowest BCUT2D eigenvalue weighted by atomic mass is 9.73. The Morgan fingerprint density at radius 1 is 0.935 bits per heavy atom. The highest BCUT2D eigenvalue weighted by molar-refractivity contribution is 7.22. The molecular formula is C36H37N5O4S. The molecule has 9 nitrogen and oxygen atoms in total. The molecule has 0 saturated carbocycles. The van der Waals surface area contributed by atoms with Gasteiger partial charge in [0.25, 0.3) is 0 Å². The van der Waals surface area contributed by atoms with Gasteiger partial charge < -0.3 is 19.7 Å². The van der Waals surface area contributed by atoms with Crippen molar-refractivity contribution in [1.82, 2.24) is 15.0 Å². The number of benzene rings is 3. The summed E-state index contributed by atoms with van der Waals surface area (Å²) >= 11 is 1.48. The second kappa shape index (κ2) is 14.1. The summed E-state index contributed by atoms with van der Waals surface area (Å²) in [6.07, 6.45) is 5.38. The molecule has 2 aromatic heterocycles. The van der Waals surface area contributed by atoms with Gasteiger partial charge in [0.05, 0.1) is 28.4 Å². The summed E-state index contributed by atoms with van der Waals surface area (Å²) in [4.78, 5) is 42.6. The van der Waals surface area contributed by atoms with Gasteiger partial charge in [-0.15, -0.1) is 0 Å². The second-order valence-corrected chi connectivity index (χ2v) is 12.6. The number of nitrogens with zero attached hydrogens (tertiary/aromatic N) is 4. The van der Waals surface area contributed by atoms with Gasteiger partial charge in [-0.25, -0.2) is 19.7 Å². The van der Waals surface area contributed by atoms with Crippen molar-refractivity contribution in [3.63, 3.8) is 0 Å². The highest BCUT2D eigenvalue weighted by Gasteiger charge is 2.42. The molecule has 1 aliphatic heterocycles. The molecule has 5 aromatic rings. The van der Waals surface area contributed by atoms with E-state index in [0.717, 1.165) is 28.6 Å². The van der Waals surface area contributed by atoms with Gasteiger partial charge in [0.15, 0.2) is 5.13 Å². The number of rotatable bonds is 11. The Bertz CT molecular complexity index is 1770. The number of hydrogen-bond acceptors (Lipinski definition) is 9. The molecule has 3 heterocycles. The summed E-state index contributed by atoms with van der Waals surface area (Å²) in [5, 5.41) is 3.75. The number of aromatic nitrogens is 3. The third-order valence-corrected chi connectivity index (χ3v) is 9.43. The first-order valence-electron chi connectivity index (χ1n) is 15.6. The SMILES string of the molecule is CCCc1ccc(OCc2nc(N3CCC(Cc4ccccc4)(C(=O)Nc4nc5ccccc5s4)CC3)ncc2C(=O)OC)cc1. The topological polar surface area (TPSA) is 107 Å². The van der Waals surface area contributed by atoms with Crippen molar-refractivity contribution in [2.75, 3.05) is 30.4 Å². The molecule has 3 aromatic carbocycles. The molecule has 1 amide bonds. The Balaban J connectivity index is 1.20. The predicted molar refractivity (Wildman–Crippen MR) is 180 cm³/mol. The predicted octanol–water partition coefficient (Wildman–Crippen LogP) is 6.87. The van der Waals surface area contributed by atoms with E-state index in [0.29, 0.717) is 54.9 Å². The van der Waals surface area contributed by atoms with Crippen molar-refractivity contribution in [2.45, 2.75) is 45.6 Å². The fourth-order valence-electron chi connectivity index (χ4n) is 5.90. The number of methoxy groups -OCH3 is 1. The van der Waals surface area contributed by atoms with Crippen LogP contribution in [0.3, 0.4) is 0 Å². The van der Waals surface area contributed by atoms with Crippen LogP contribution in [0.4, 0.5) is 11.1 Å². The van der Waals surface area contributed by atoms with E-state index in [-0.39, 0.29) is 18.1 Å². The molecule has 0 bridgehead atoms. The van der Waals surface area contributed by atoms with Gasteiger partial charge in [-0.2, -0.15) is 0 Å². The zero-order valence-corrected chi connectivity index (χ0v) is 26.9. The fourth-order valence-corrected chi connectivity index (χ4v) is 6.76. The number of fused-ring (bicyclic) bond motifs is 1. The number of thiazole rings is 1. The van der Waals surface area contributed by atoms with Crippen molar-refractivity contribution in [3.05, 3.63) is 107 Å². The quantitative estimate of drug-likeness (QED) is 0.157. The van der Waals surface area contributed by atoms with Crippen LogP contribution in [-0.4, -0.2) is 47.0 Å². The van der Waals surface area contributed by atoms with E-state index in [9.17, 15) is 9.59 Å². The summed E-state index contributed by atoms with van der Waals surface area (Å²) in [5.41, 5.74) is 3.30. The van der Waals surface area contributed by atoms with Crippen LogP contribution >= 0.6 is 11.3 Å². The molecule has 1 saturated heterocycles. The average Bonchev–Trinajstić information content (AvgIpc) is 3.51. The summed E-state index contributed by atoms with van der Waals surface area (Å²) in [6.45, 7) is 3.37. The molecular weight excluding hydrogens is 598 g/mol. The van der Waals surface area contributed by atoms with Crippen LogP contribution in [0.5, 0.6) is 5.75 Å². The van der Waals surface area contributed by atoms with Gasteiger partial charge in [-0.05, 0) is 61.1 Å². The molecule has 1 fully saturated rings. The fraction of sp³-hybridized carbons (Fsp3) is 0.306. The number of aryl methyl sites for hydroxylation is 1. The summed E-state index contributed by atoms with van der Waals surface area (Å²) in [5.74, 6) is 0.634. The lowest BCUT2D eigenvalue weighted by Crippen LogP contribution is -2.48. The molecule has 1 N–H and O–H groups in total. The number of amides is 1. The van der Waals surface area contributed by atoms with Crippen molar-refractivity contribution < 1.29 is 19.1 Å². The molecule has 236 valence electrons. The smallest absolute Gasteiger partial charge is 0.341 e. The number of esters is 1. The van der Waals surface area contributed by atoms with Crippen molar-refractivity contribution in [3.8, 4) is 5.75 Å². The van der Waals surface area contributed by atoms with E-state index in [2.05, 4.69) is 39.2 Å². The van der Waals surface area contributed by atoms with E-state index in [1.165, 1.54) is 30.2 Å². The molecule has 0 atom stereocenters. The largest absolute Gasteiger partial charge is 0.487 e. The highest BCUT2D eigenvalue weighted by Crippen LogP contribution is 2.38. The molecule has 0 unspecified atom stereocenters. The highest BCUT2D eigenvalue weighted by atomic mass is 32.1. The van der Waals surface area contributed by atoms with E-state index in [1.807, 2.05) is 66.7 Å². The number of carbonyl (C=O) groups is 2. The molecule has 0 radical (unpaired) electrons. The Morgan fingerprint density at radius 2 is 1.67 bits per heavy atom. The van der Waals surface area contributed by atoms with E-state index in [4.69, 9.17) is 14.5 Å². The van der Waals surface area contributed by atoms with E-state index < -0.39 is 11.4 Å². The number of para-hydroxylation sites is 1. The zero-order chi connectivity index (χ0) is 31.9. The maximum Gasteiger partial charge on any atom is 0.341 e. The summed E-state index contributed by atoms with van der Waals surface area (Å²) in [6, 6.07) is 26.0. The first kappa shape index (κ1) is 31.2. The van der Waals surface area contributed by atoms with Crippen molar-refractivity contribution >= 4 is 44.5 Å². The van der Waals surface area contributed by atoms with Crippen LogP contribution in [0.15, 0.2) is 85.1 Å². The van der Waals surface area contributed by atoms with Crippen LogP contribution < -0.4 is 15.0 Å². The average molecular weight is 636 g/mol. The number of anilines is 2. The van der Waals surface area contributed by atoms with Crippen LogP contribution in [-0.2, 0) is 29.0 Å². The standard InChI is InChI=1S/C36H37N5O4S/c1-3-9-25-14-16-27(17-15-25)45-24-30-28(32(42)44-2)23-37-34(38-30)41-20-18-36(19-21-41,22-26-10-5-4-6-11-26)33(43)40-35-39-29-12-7-8-13-31(29)46-35/h4-8,10-17,23H,3,9,18-22,24H2,1-2H3,(H,39,40,43). The minimum atomic E-state index is -0.641.